The van der Waals surface area contributed by atoms with E-state index in [-0.39, 0.29) is 5.75 Å². The molecule has 4 nitrogen and oxygen atoms in total. The average molecular weight is 171 g/mol. The first kappa shape index (κ1) is 8.16. The van der Waals surface area contributed by atoms with Crippen molar-refractivity contribution in [3.05, 3.63) is 24.0 Å². The lowest BCUT2D eigenvalue weighted by molar-refractivity contribution is 0.536. The molecule has 0 amide bonds. The molecule has 11 heavy (non-hydrogen) atoms. The minimum Gasteiger partial charge on any atom is -0.772 e. The van der Waals surface area contributed by atoms with Crippen molar-refractivity contribution < 1.29 is 8.76 Å². The van der Waals surface area contributed by atoms with Crippen LogP contribution in [0.15, 0.2) is 18.5 Å². The first-order valence-corrected chi connectivity index (χ1v) is 4.18. The summed E-state index contributed by atoms with van der Waals surface area (Å²) in [4.78, 5) is 3.74. The number of pyridine rings is 1. The lowest BCUT2D eigenvalue weighted by atomic mass is 10.3. The predicted octanol–water partition coefficient (Wildman–Crippen LogP) is 0.0429. The van der Waals surface area contributed by atoms with Crippen molar-refractivity contribution in [2.24, 2.45) is 0 Å². The number of hydrogen-bond donors (Lipinski definition) is 1. The summed E-state index contributed by atoms with van der Waals surface area (Å²) >= 11 is -2.07. The van der Waals surface area contributed by atoms with Crippen LogP contribution >= 0.6 is 0 Å². The summed E-state index contributed by atoms with van der Waals surface area (Å²) in [6.45, 7) is 0. The molecule has 0 fully saturated rings. The summed E-state index contributed by atoms with van der Waals surface area (Å²) in [5, 5.41) is 0. The van der Waals surface area contributed by atoms with Gasteiger partial charge in [0.25, 0.3) is 0 Å². The molecular formula is C6H7N2O2S-. The number of anilines is 1. The van der Waals surface area contributed by atoms with Crippen LogP contribution in [0.4, 0.5) is 5.69 Å². The highest BCUT2D eigenvalue weighted by Crippen LogP contribution is 2.05. The third-order valence-electron chi connectivity index (χ3n) is 1.10. The Kier molecular flexibility index (Phi) is 2.56. The Hall–Kier alpha value is -0.940. The largest absolute Gasteiger partial charge is 0.772 e. The lowest BCUT2D eigenvalue weighted by Crippen LogP contribution is -1.95. The van der Waals surface area contributed by atoms with E-state index in [2.05, 4.69) is 4.98 Å². The van der Waals surface area contributed by atoms with Gasteiger partial charge in [0.15, 0.2) is 0 Å². The fourth-order valence-electron chi connectivity index (χ4n) is 0.723. The highest BCUT2D eigenvalue weighted by molar-refractivity contribution is 7.78. The molecular weight excluding hydrogens is 164 g/mol. The number of aromatic nitrogens is 1. The van der Waals surface area contributed by atoms with Crippen molar-refractivity contribution in [1.29, 1.82) is 0 Å². The third-order valence-corrected chi connectivity index (χ3v) is 1.67. The van der Waals surface area contributed by atoms with Gasteiger partial charge in [-0.3, -0.25) is 9.19 Å². The molecule has 0 aliphatic carbocycles. The molecule has 0 aliphatic heterocycles. The van der Waals surface area contributed by atoms with E-state index in [0.29, 0.717) is 11.3 Å². The molecule has 60 valence electrons. The van der Waals surface area contributed by atoms with Crippen molar-refractivity contribution in [3.63, 3.8) is 0 Å². The Bertz CT molecular complexity index is 277. The van der Waals surface area contributed by atoms with E-state index < -0.39 is 11.1 Å². The number of nitrogen functional groups attached to an aromatic ring is 1. The summed E-state index contributed by atoms with van der Waals surface area (Å²) in [5.74, 6) is -0.0297. The van der Waals surface area contributed by atoms with Gasteiger partial charge < -0.3 is 10.3 Å². The van der Waals surface area contributed by atoms with Crippen molar-refractivity contribution in [2.75, 3.05) is 5.73 Å². The maximum Gasteiger partial charge on any atom is 0.0503 e. The van der Waals surface area contributed by atoms with Gasteiger partial charge >= 0.3 is 0 Å². The number of rotatable bonds is 2. The molecule has 0 aromatic carbocycles. The van der Waals surface area contributed by atoms with E-state index in [1.165, 1.54) is 12.4 Å². The molecule has 1 rings (SSSR count). The molecule has 0 radical (unpaired) electrons. The molecule has 1 unspecified atom stereocenters. The third kappa shape index (κ3) is 2.65. The molecule has 0 spiro atoms. The summed E-state index contributed by atoms with van der Waals surface area (Å²) in [6.07, 6.45) is 2.95. The van der Waals surface area contributed by atoms with Crippen LogP contribution in [0.2, 0.25) is 0 Å². The standard InChI is InChI=1S/C6H8N2O2S/c7-6-1-5(2-8-3-6)4-11(9)10/h1-3H,4,7H2,(H,9,10)/p-1. The van der Waals surface area contributed by atoms with Gasteiger partial charge in [-0.25, -0.2) is 0 Å². The van der Waals surface area contributed by atoms with Crippen molar-refractivity contribution in [1.82, 2.24) is 4.98 Å². The fraction of sp³-hybridized carbons (Fsp3) is 0.167. The zero-order valence-electron chi connectivity index (χ0n) is 5.69. The molecule has 1 aromatic rings. The summed E-state index contributed by atoms with van der Waals surface area (Å²) in [5.41, 5.74) is 6.46. The van der Waals surface area contributed by atoms with Gasteiger partial charge in [-0.15, -0.1) is 0 Å². The van der Waals surface area contributed by atoms with E-state index in [1.807, 2.05) is 0 Å². The molecule has 1 atom stereocenters. The van der Waals surface area contributed by atoms with E-state index in [1.54, 1.807) is 6.07 Å². The highest BCUT2D eigenvalue weighted by atomic mass is 32.2. The lowest BCUT2D eigenvalue weighted by Gasteiger charge is -2.03. The smallest absolute Gasteiger partial charge is 0.0503 e. The van der Waals surface area contributed by atoms with Crippen LogP contribution in [0, 0.1) is 0 Å². The Morgan fingerprint density at radius 3 is 2.91 bits per heavy atom. The second-order valence-electron chi connectivity index (χ2n) is 2.07. The molecule has 0 saturated heterocycles. The first-order valence-electron chi connectivity index (χ1n) is 2.94. The van der Waals surface area contributed by atoms with Gasteiger partial charge in [0.1, 0.15) is 0 Å². The quantitative estimate of drug-likeness (QED) is 0.637. The predicted molar refractivity (Wildman–Crippen MR) is 41.3 cm³/mol. The van der Waals surface area contributed by atoms with Crippen LogP contribution < -0.4 is 5.73 Å². The Morgan fingerprint density at radius 1 is 1.64 bits per heavy atom. The van der Waals surface area contributed by atoms with Gasteiger partial charge in [-0.05, 0) is 11.6 Å². The highest BCUT2D eigenvalue weighted by Gasteiger charge is 1.92. The summed E-state index contributed by atoms with van der Waals surface area (Å²) in [6, 6.07) is 1.59. The normalized spacial score (nSPS) is 12.8. The SMILES string of the molecule is Nc1cncc(CS(=O)[O-])c1. The second kappa shape index (κ2) is 3.45. The maximum absolute atomic E-state index is 10.2. The summed E-state index contributed by atoms with van der Waals surface area (Å²) in [7, 11) is 0. The molecule has 0 aliphatic rings. The first-order chi connectivity index (χ1) is 5.18. The van der Waals surface area contributed by atoms with Gasteiger partial charge in [0, 0.05) is 18.1 Å². The van der Waals surface area contributed by atoms with E-state index in [9.17, 15) is 8.76 Å². The molecule has 1 heterocycles. The number of nitrogens with two attached hydrogens (primary N) is 1. The van der Waals surface area contributed by atoms with Crippen molar-refractivity contribution in [2.45, 2.75) is 5.75 Å². The van der Waals surface area contributed by atoms with Crippen LogP contribution in [0.1, 0.15) is 5.56 Å². The van der Waals surface area contributed by atoms with Crippen LogP contribution in [0.25, 0.3) is 0 Å². The minimum absolute atomic E-state index is 0.0297. The Morgan fingerprint density at radius 2 is 2.36 bits per heavy atom. The van der Waals surface area contributed by atoms with Gasteiger partial charge in [-0.2, -0.15) is 0 Å². The topological polar surface area (TPSA) is 79.0 Å². The zero-order valence-corrected chi connectivity index (χ0v) is 6.50. The number of nitrogens with zero attached hydrogens (tertiary/aromatic N) is 1. The number of hydrogen-bond acceptors (Lipinski definition) is 4. The zero-order chi connectivity index (χ0) is 8.27. The molecule has 5 heteroatoms. The molecule has 2 N–H and O–H groups in total. The monoisotopic (exact) mass is 171 g/mol. The minimum atomic E-state index is -2.07. The molecule has 1 aromatic heterocycles. The van der Waals surface area contributed by atoms with Gasteiger partial charge in [0.05, 0.1) is 5.69 Å². The summed E-state index contributed by atoms with van der Waals surface area (Å²) < 4.78 is 20.4. The van der Waals surface area contributed by atoms with Gasteiger partial charge in [0.2, 0.25) is 0 Å². The van der Waals surface area contributed by atoms with Crippen molar-refractivity contribution in [3.8, 4) is 0 Å². The Balaban J connectivity index is 2.79. The fourth-order valence-corrected chi connectivity index (χ4v) is 1.15. The Labute approximate surface area is 66.7 Å². The van der Waals surface area contributed by atoms with E-state index in [4.69, 9.17) is 5.73 Å². The molecule has 0 saturated carbocycles. The van der Waals surface area contributed by atoms with Crippen LogP contribution in [-0.2, 0) is 16.8 Å². The average Bonchev–Trinajstić information content (AvgIpc) is 1.85. The molecule has 0 bridgehead atoms. The van der Waals surface area contributed by atoms with E-state index >= 15 is 0 Å². The van der Waals surface area contributed by atoms with Crippen LogP contribution in [0.5, 0.6) is 0 Å². The van der Waals surface area contributed by atoms with Gasteiger partial charge in [-0.1, -0.05) is 11.1 Å². The van der Waals surface area contributed by atoms with E-state index in [0.717, 1.165) is 0 Å². The second-order valence-corrected chi connectivity index (χ2v) is 2.97. The maximum atomic E-state index is 10.2. The van der Waals surface area contributed by atoms with Crippen molar-refractivity contribution >= 4 is 16.8 Å². The van der Waals surface area contributed by atoms with Crippen LogP contribution in [0.3, 0.4) is 0 Å². The van der Waals surface area contributed by atoms with Crippen LogP contribution in [-0.4, -0.2) is 13.7 Å².